The minimum atomic E-state index is -4.51. The first-order valence-corrected chi connectivity index (χ1v) is 8.92. The van der Waals surface area contributed by atoms with Crippen LogP contribution in [0.2, 0.25) is 4.34 Å². The summed E-state index contributed by atoms with van der Waals surface area (Å²) in [5, 5.41) is 3.75. The van der Waals surface area contributed by atoms with Crippen LogP contribution in [0.15, 0.2) is 18.3 Å². The van der Waals surface area contributed by atoms with E-state index in [2.05, 4.69) is 14.6 Å². The van der Waals surface area contributed by atoms with Crippen molar-refractivity contribution in [3.05, 3.63) is 33.9 Å². The number of anilines is 1. The molecule has 0 aliphatic carbocycles. The summed E-state index contributed by atoms with van der Waals surface area (Å²) < 4.78 is 48.8. The summed E-state index contributed by atoms with van der Waals surface area (Å²) in [6, 6.07) is 2.23. The van der Waals surface area contributed by atoms with E-state index in [1.807, 2.05) is 0 Å². The summed E-state index contributed by atoms with van der Waals surface area (Å²) >= 11 is 6.83. The fraction of sp³-hybridized carbons (Fsp3) is 0.467. The van der Waals surface area contributed by atoms with Gasteiger partial charge >= 0.3 is 12.1 Å². The molecule has 0 spiro atoms. The van der Waals surface area contributed by atoms with Gasteiger partial charge in [-0.3, -0.25) is 4.79 Å². The Kier molecular flexibility index (Phi) is 5.61. The van der Waals surface area contributed by atoms with Gasteiger partial charge in [-0.25, -0.2) is 4.98 Å². The smallest absolute Gasteiger partial charge is 0.419 e. The molecule has 1 fully saturated rings. The van der Waals surface area contributed by atoms with E-state index in [4.69, 9.17) is 16.3 Å². The van der Waals surface area contributed by atoms with Crippen LogP contribution in [0.25, 0.3) is 0 Å². The number of alkyl halides is 3. The fourth-order valence-corrected chi connectivity index (χ4v) is 3.37. The van der Waals surface area contributed by atoms with Crippen molar-refractivity contribution in [3.8, 4) is 0 Å². The molecule has 3 rings (SSSR count). The zero-order valence-electron chi connectivity index (χ0n) is 13.4. The van der Waals surface area contributed by atoms with E-state index >= 15 is 0 Å². The average Bonchev–Trinajstić information content (AvgIpc) is 3.04. The molecule has 0 saturated carbocycles. The number of hydrogen-bond donors (Lipinski definition) is 0. The van der Waals surface area contributed by atoms with Gasteiger partial charge in [-0.15, -0.1) is 5.10 Å². The molecule has 1 saturated heterocycles. The largest absolute Gasteiger partial charge is 0.459 e. The summed E-state index contributed by atoms with van der Waals surface area (Å²) in [6.07, 6.45) is -2.10. The monoisotopic (exact) mass is 406 g/mol. The van der Waals surface area contributed by atoms with Crippen LogP contribution < -0.4 is 4.90 Å². The molecule has 0 aromatic carbocycles. The lowest BCUT2D eigenvalue weighted by molar-refractivity contribution is -0.150. The summed E-state index contributed by atoms with van der Waals surface area (Å²) in [5.74, 6) is -1.20. The Hall–Kier alpha value is -1.94. The van der Waals surface area contributed by atoms with Crippen molar-refractivity contribution in [2.75, 3.05) is 18.0 Å². The Morgan fingerprint density at radius 3 is 2.96 bits per heavy atom. The van der Waals surface area contributed by atoms with Gasteiger partial charge in [-0.1, -0.05) is 16.1 Å². The number of ether oxygens (including phenoxy) is 1. The number of pyridine rings is 1. The summed E-state index contributed by atoms with van der Waals surface area (Å²) in [5.41, 5.74) is -0.448. The van der Waals surface area contributed by atoms with Crippen LogP contribution >= 0.6 is 23.1 Å². The van der Waals surface area contributed by atoms with Crippen molar-refractivity contribution in [1.29, 1.82) is 0 Å². The average molecular weight is 407 g/mol. The lowest BCUT2D eigenvalue weighted by atomic mass is 9.97. The summed E-state index contributed by atoms with van der Waals surface area (Å²) in [6.45, 7) is 0.399. The number of hydrogen-bond acceptors (Lipinski definition) is 7. The highest BCUT2D eigenvalue weighted by Gasteiger charge is 2.37. The maximum absolute atomic E-state index is 13.2. The van der Waals surface area contributed by atoms with Gasteiger partial charge in [0.25, 0.3) is 0 Å². The van der Waals surface area contributed by atoms with Crippen molar-refractivity contribution < 1.29 is 22.7 Å². The van der Waals surface area contributed by atoms with E-state index in [-0.39, 0.29) is 19.0 Å². The molecule has 0 radical (unpaired) electrons. The van der Waals surface area contributed by atoms with Gasteiger partial charge in [-0.05, 0) is 25.0 Å². The number of nitrogens with zero attached hydrogens (tertiary/aromatic N) is 4. The maximum atomic E-state index is 13.2. The van der Waals surface area contributed by atoms with Gasteiger partial charge < -0.3 is 9.64 Å². The zero-order chi connectivity index (χ0) is 18.7. The Morgan fingerprint density at radius 2 is 2.27 bits per heavy atom. The molecule has 26 heavy (non-hydrogen) atoms. The molecule has 0 bridgehead atoms. The third-order valence-corrected chi connectivity index (χ3v) is 4.99. The van der Waals surface area contributed by atoms with Gasteiger partial charge in [0, 0.05) is 30.8 Å². The lowest BCUT2D eigenvalue weighted by Gasteiger charge is -2.33. The molecule has 3 heterocycles. The van der Waals surface area contributed by atoms with Crippen molar-refractivity contribution >= 4 is 34.9 Å². The quantitative estimate of drug-likeness (QED) is 0.723. The molecule has 140 valence electrons. The number of aromatic nitrogens is 3. The first kappa shape index (κ1) is 18.8. The van der Waals surface area contributed by atoms with E-state index in [1.165, 1.54) is 17.2 Å². The Balaban J connectivity index is 1.68. The highest BCUT2D eigenvalue weighted by Crippen LogP contribution is 2.36. The Labute approximate surface area is 156 Å². The van der Waals surface area contributed by atoms with E-state index in [0.717, 1.165) is 17.6 Å². The number of carbonyl (C=O) groups excluding carboxylic acids is 1. The maximum Gasteiger partial charge on any atom is 0.419 e. The molecule has 0 N–H and O–H groups in total. The normalized spacial score (nSPS) is 18.0. The van der Waals surface area contributed by atoms with Crippen LogP contribution in [-0.2, 0) is 22.3 Å². The molecule has 11 heteroatoms. The fourth-order valence-electron chi connectivity index (χ4n) is 2.77. The Bertz CT molecular complexity index is 786. The Morgan fingerprint density at radius 1 is 1.46 bits per heavy atom. The van der Waals surface area contributed by atoms with E-state index in [1.54, 1.807) is 0 Å². The molecule has 1 atom stereocenters. The standard InChI is InChI=1S/C15H14ClF3N4O2S/c16-12-11(21-22-26-12)8-25-14(24)9-3-2-6-23(7-9)13-10(15(17,18)19)4-1-5-20-13/h1,4-5,9H,2-3,6-8H2. The molecule has 6 nitrogen and oxygen atoms in total. The number of piperidine rings is 1. The van der Waals surface area contributed by atoms with Crippen LogP contribution in [0.1, 0.15) is 24.1 Å². The van der Waals surface area contributed by atoms with Gasteiger partial charge in [0.1, 0.15) is 22.5 Å². The first-order chi connectivity index (χ1) is 12.4. The van der Waals surface area contributed by atoms with Gasteiger partial charge in [0.05, 0.1) is 11.5 Å². The highest BCUT2D eigenvalue weighted by atomic mass is 35.5. The van der Waals surface area contributed by atoms with Crippen molar-refractivity contribution in [2.24, 2.45) is 5.92 Å². The number of halogens is 4. The summed E-state index contributed by atoms with van der Waals surface area (Å²) in [7, 11) is 0. The van der Waals surface area contributed by atoms with E-state index in [0.29, 0.717) is 29.4 Å². The minimum absolute atomic E-state index is 0.109. The van der Waals surface area contributed by atoms with Crippen LogP contribution in [0.3, 0.4) is 0 Å². The topological polar surface area (TPSA) is 68.2 Å². The van der Waals surface area contributed by atoms with E-state index in [9.17, 15) is 18.0 Å². The van der Waals surface area contributed by atoms with Crippen LogP contribution in [0.4, 0.5) is 19.0 Å². The molecular formula is C15H14ClF3N4O2S. The third-order valence-electron chi connectivity index (χ3n) is 4.01. The minimum Gasteiger partial charge on any atom is -0.459 e. The number of carbonyl (C=O) groups is 1. The molecule has 1 aliphatic rings. The second-order valence-corrected chi connectivity index (χ2v) is 7.11. The van der Waals surface area contributed by atoms with Crippen molar-refractivity contribution in [3.63, 3.8) is 0 Å². The third kappa shape index (κ3) is 4.24. The van der Waals surface area contributed by atoms with Gasteiger partial charge in [0.2, 0.25) is 0 Å². The summed E-state index contributed by atoms with van der Waals surface area (Å²) in [4.78, 5) is 17.6. The molecule has 1 aliphatic heterocycles. The zero-order valence-corrected chi connectivity index (χ0v) is 14.9. The molecule has 2 aromatic rings. The predicted molar refractivity (Wildman–Crippen MR) is 88.9 cm³/mol. The van der Waals surface area contributed by atoms with Crippen molar-refractivity contribution in [2.45, 2.75) is 25.6 Å². The van der Waals surface area contributed by atoms with Gasteiger partial charge in [0.15, 0.2) is 0 Å². The van der Waals surface area contributed by atoms with Gasteiger partial charge in [-0.2, -0.15) is 13.2 Å². The molecule has 0 amide bonds. The lowest BCUT2D eigenvalue weighted by Crippen LogP contribution is -2.40. The second-order valence-electron chi connectivity index (χ2n) is 5.76. The first-order valence-electron chi connectivity index (χ1n) is 7.77. The van der Waals surface area contributed by atoms with Crippen molar-refractivity contribution in [1.82, 2.24) is 14.6 Å². The SMILES string of the molecule is O=C(OCc1nnsc1Cl)C1CCCN(c2ncccc2C(F)(F)F)C1. The van der Waals surface area contributed by atoms with Crippen LogP contribution in [0, 0.1) is 5.92 Å². The van der Waals surface area contributed by atoms with E-state index < -0.39 is 23.6 Å². The molecular weight excluding hydrogens is 393 g/mol. The molecule has 1 unspecified atom stereocenters. The number of esters is 1. The predicted octanol–water partition coefficient (Wildman–Crippen LogP) is 3.57. The molecule has 2 aromatic heterocycles. The van der Waals surface area contributed by atoms with Crippen LogP contribution in [0.5, 0.6) is 0 Å². The highest BCUT2D eigenvalue weighted by molar-refractivity contribution is 7.10. The second kappa shape index (κ2) is 7.75. The van der Waals surface area contributed by atoms with Crippen LogP contribution in [-0.4, -0.2) is 33.6 Å². The number of rotatable bonds is 4.